The number of ether oxygens (including phenoxy) is 1. The van der Waals surface area contributed by atoms with Crippen LogP contribution in [0, 0.1) is 6.92 Å². The summed E-state index contributed by atoms with van der Waals surface area (Å²) in [7, 11) is -2.13. The van der Waals surface area contributed by atoms with E-state index in [0.717, 1.165) is 5.56 Å². The van der Waals surface area contributed by atoms with Crippen LogP contribution in [-0.4, -0.2) is 22.1 Å². The van der Waals surface area contributed by atoms with Crippen molar-refractivity contribution in [2.45, 2.75) is 18.7 Å². The number of hydrogen-bond acceptors (Lipinski definition) is 3. The second-order valence-electron chi connectivity index (χ2n) is 4.81. The topological polar surface area (TPSA) is 46.6 Å². The van der Waals surface area contributed by atoms with Gasteiger partial charge < -0.3 is 4.74 Å². The van der Waals surface area contributed by atoms with Crippen LogP contribution in [0.2, 0.25) is 5.02 Å². The first-order valence-electron chi connectivity index (χ1n) is 6.84. The normalized spacial score (nSPS) is 11.3. The maximum Gasteiger partial charge on any atom is 0.264 e. The van der Waals surface area contributed by atoms with Crippen molar-refractivity contribution in [3.63, 3.8) is 0 Å². The highest BCUT2D eigenvalue weighted by Gasteiger charge is 2.22. The highest BCUT2D eigenvalue weighted by Crippen LogP contribution is 2.28. The molecule has 0 saturated heterocycles. The molecule has 2 rings (SSSR count). The van der Waals surface area contributed by atoms with E-state index >= 15 is 0 Å². The summed E-state index contributed by atoms with van der Waals surface area (Å²) in [6, 6.07) is 11.5. The minimum absolute atomic E-state index is 0.206. The minimum atomic E-state index is -3.64. The molecule has 0 aliphatic rings. The van der Waals surface area contributed by atoms with E-state index in [-0.39, 0.29) is 4.90 Å². The summed E-state index contributed by atoms with van der Waals surface area (Å²) < 4.78 is 32.0. The van der Waals surface area contributed by atoms with E-state index in [1.54, 1.807) is 30.3 Å². The van der Waals surface area contributed by atoms with Gasteiger partial charge in [-0.1, -0.05) is 17.7 Å². The molecule has 0 aliphatic carbocycles. The molecular weight excluding hydrogens is 322 g/mol. The quantitative estimate of drug-likeness (QED) is 0.830. The van der Waals surface area contributed by atoms with Crippen molar-refractivity contribution in [3.05, 3.63) is 53.1 Å². The van der Waals surface area contributed by atoms with Crippen LogP contribution in [-0.2, 0) is 10.0 Å². The number of halogens is 1. The Morgan fingerprint density at radius 2 is 1.77 bits per heavy atom. The first-order valence-corrected chi connectivity index (χ1v) is 8.66. The third kappa shape index (κ3) is 3.36. The van der Waals surface area contributed by atoms with E-state index in [1.165, 1.54) is 23.5 Å². The predicted octanol–water partition coefficient (Wildman–Crippen LogP) is 3.87. The Kier molecular flexibility index (Phi) is 4.98. The zero-order chi connectivity index (χ0) is 16.3. The second kappa shape index (κ2) is 6.58. The summed E-state index contributed by atoms with van der Waals surface area (Å²) in [5.41, 5.74) is 1.39. The zero-order valence-electron chi connectivity index (χ0n) is 12.7. The third-order valence-corrected chi connectivity index (χ3v) is 5.32. The molecule has 0 spiro atoms. The Hall–Kier alpha value is -1.72. The first kappa shape index (κ1) is 16.6. The van der Waals surface area contributed by atoms with Gasteiger partial charge in [0, 0.05) is 12.1 Å². The highest BCUT2D eigenvalue weighted by atomic mass is 35.5. The van der Waals surface area contributed by atoms with Gasteiger partial charge in [0.25, 0.3) is 10.0 Å². The molecule has 0 unspecified atom stereocenters. The number of sulfonamides is 1. The van der Waals surface area contributed by atoms with E-state index in [9.17, 15) is 8.42 Å². The number of anilines is 1. The number of aryl methyl sites for hydroxylation is 1. The molecule has 4 nitrogen and oxygen atoms in total. The van der Waals surface area contributed by atoms with Crippen molar-refractivity contribution >= 4 is 27.3 Å². The summed E-state index contributed by atoms with van der Waals surface area (Å²) in [5, 5.41) is 0.495. The molecule has 6 heteroatoms. The average Bonchev–Trinajstić information content (AvgIpc) is 2.50. The summed E-state index contributed by atoms with van der Waals surface area (Å²) in [5.74, 6) is 0.642. The molecule has 0 radical (unpaired) electrons. The Bertz CT molecular complexity index is 757. The summed E-state index contributed by atoms with van der Waals surface area (Å²) >= 11 is 5.97. The maximum absolute atomic E-state index is 12.7. The summed E-state index contributed by atoms with van der Waals surface area (Å²) in [6.07, 6.45) is 0. The Labute approximate surface area is 136 Å². The van der Waals surface area contributed by atoms with Gasteiger partial charge in [-0.15, -0.1) is 0 Å². The van der Waals surface area contributed by atoms with E-state index in [0.29, 0.717) is 23.1 Å². The molecule has 0 bridgehead atoms. The largest absolute Gasteiger partial charge is 0.494 e. The van der Waals surface area contributed by atoms with Gasteiger partial charge in [0.05, 0.1) is 17.2 Å². The predicted molar refractivity (Wildman–Crippen MR) is 89.4 cm³/mol. The van der Waals surface area contributed by atoms with Crippen molar-refractivity contribution < 1.29 is 13.2 Å². The first-order chi connectivity index (χ1) is 10.4. The molecule has 0 N–H and O–H groups in total. The smallest absolute Gasteiger partial charge is 0.264 e. The van der Waals surface area contributed by atoms with Gasteiger partial charge in [-0.3, -0.25) is 4.31 Å². The van der Waals surface area contributed by atoms with Crippen LogP contribution in [0.5, 0.6) is 5.75 Å². The highest BCUT2D eigenvalue weighted by molar-refractivity contribution is 7.92. The molecule has 0 amide bonds. The van der Waals surface area contributed by atoms with Crippen LogP contribution < -0.4 is 9.04 Å². The van der Waals surface area contributed by atoms with Crippen LogP contribution in [0.4, 0.5) is 5.69 Å². The standard InChI is InChI=1S/C16H18ClNO3S/c1-4-21-14-7-9-15(10-8-14)22(19,20)18(3)16-11-13(17)6-5-12(16)2/h5-11H,4H2,1-3H3. The lowest BCUT2D eigenvalue weighted by Gasteiger charge is -2.21. The molecule has 2 aromatic carbocycles. The molecule has 22 heavy (non-hydrogen) atoms. The van der Waals surface area contributed by atoms with Gasteiger partial charge in [0.1, 0.15) is 5.75 Å². The van der Waals surface area contributed by atoms with Crippen molar-refractivity contribution in [1.82, 2.24) is 0 Å². The van der Waals surface area contributed by atoms with Gasteiger partial charge in [-0.25, -0.2) is 8.42 Å². The van der Waals surface area contributed by atoms with Crippen LogP contribution >= 0.6 is 11.6 Å². The Morgan fingerprint density at radius 1 is 1.14 bits per heavy atom. The molecule has 0 aromatic heterocycles. The molecule has 118 valence electrons. The third-order valence-electron chi connectivity index (χ3n) is 3.30. The van der Waals surface area contributed by atoms with Gasteiger partial charge in [0.15, 0.2) is 0 Å². The number of hydrogen-bond donors (Lipinski definition) is 0. The monoisotopic (exact) mass is 339 g/mol. The van der Waals surface area contributed by atoms with Crippen molar-refractivity contribution in [2.24, 2.45) is 0 Å². The Balaban J connectivity index is 2.38. The van der Waals surface area contributed by atoms with Gasteiger partial charge in [-0.2, -0.15) is 0 Å². The van der Waals surface area contributed by atoms with E-state index in [2.05, 4.69) is 0 Å². The summed E-state index contributed by atoms with van der Waals surface area (Å²) in [6.45, 7) is 4.25. The molecule has 0 fully saturated rings. The van der Waals surface area contributed by atoms with Crippen LogP contribution in [0.15, 0.2) is 47.4 Å². The van der Waals surface area contributed by atoms with Gasteiger partial charge >= 0.3 is 0 Å². The minimum Gasteiger partial charge on any atom is -0.494 e. The molecular formula is C16H18ClNO3S. The fraction of sp³-hybridized carbons (Fsp3) is 0.250. The van der Waals surface area contributed by atoms with Crippen molar-refractivity contribution in [1.29, 1.82) is 0 Å². The lowest BCUT2D eigenvalue weighted by atomic mass is 10.2. The molecule has 0 saturated carbocycles. The second-order valence-corrected chi connectivity index (χ2v) is 7.21. The van der Waals surface area contributed by atoms with Crippen molar-refractivity contribution in [3.8, 4) is 5.75 Å². The van der Waals surface area contributed by atoms with Crippen molar-refractivity contribution in [2.75, 3.05) is 18.0 Å². The van der Waals surface area contributed by atoms with Gasteiger partial charge in [0.2, 0.25) is 0 Å². The van der Waals surface area contributed by atoms with E-state index < -0.39 is 10.0 Å². The molecule has 0 aliphatic heterocycles. The molecule has 0 heterocycles. The summed E-state index contributed by atoms with van der Waals surface area (Å²) in [4.78, 5) is 0.206. The van der Waals surface area contributed by atoms with E-state index in [1.807, 2.05) is 13.8 Å². The van der Waals surface area contributed by atoms with Crippen LogP contribution in [0.3, 0.4) is 0 Å². The maximum atomic E-state index is 12.7. The molecule has 0 atom stereocenters. The van der Waals surface area contributed by atoms with Crippen LogP contribution in [0.1, 0.15) is 12.5 Å². The van der Waals surface area contributed by atoms with E-state index in [4.69, 9.17) is 16.3 Å². The number of nitrogens with zero attached hydrogens (tertiary/aromatic N) is 1. The van der Waals surface area contributed by atoms with Gasteiger partial charge in [-0.05, 0) is 55.8 Å². The van der Waals surface area contributed by atoms with Crippen LogP contribution in [0.25, 0.3) is 0 Å². The fourth-order valence-electron chi connectivity index (χ4n) is 2.08. The lowest BCUT2D eigenvalue weighted by Crippen LogP contribution is -2.27. The fourth-order valence-corrected chi connectivity index (χ4v) is 3.50. The molecule has 2 aromatic rings. The SMILES string of the molecule is CCOc1ccc(S(=O)(=O)N(C)c2cc(Cl)ccc2C)cc1. The zero-order valence-corrected chi connectivity index (χ0v) is 14.3. The number of benzene rings is 2. The average molecular weight is 340 g/mol. The lowest BCUT2D eigenvalue weighted by molar-refractivity contribution is 0.340. The number of rotatable bonds is 5. The Morgan fingerprint density at radius 3 is 2.36 bits per heavy atom.